The van der Waals surface area contributed by atoms with Crippen LogP contribution in [0.1, 0.15) is 0 Å². The van der Waals surface area contributed by atoms with E-state index >= 15 is 0 Å². The summed E-state index contributed by atoms with van der Waals surface area (Å²) in [6.45, 7) is 10.2. The Kier molecular flexibility index (Phi) is 12.3. The van der Waals surface area contributed by atoms with Crippen molar-refractivity contribution in [2.45, 2.75) is 27.3 Å². The van der Waals surface area contributed by atoms with Gasteiger partial charge in [-0.25, -0.2) is 24.3 Å². The standard InChI is InChI=1S/2C7H10B.2ClH.Zr/c2*1-8(2)7-5-3-4-6-7;;;/h2*3-6H,1-2H3;2*1H;/q2*-1;;;+2/p-2. The first kappa shape index (κ1) is 19.3. The molecule has 0 aliphatic heterocycles. The second-order valence-corrected chi connectivity index (χ2v) is 8.55. The van der Waals surface area contributed by atoms with Crippen molar-refractivity contribution < 1.29 is 20.8 Å². The van der Waals surface area contributed by atoms with E-state index in [1.54, 1.807) is 0 Å². The number of hydrogen-bond acceptors (Lipinski definition) is 0. The minimum atomic E-state index is -0.826. The molecule has 0 bridgehead atoms. The Hall–Kier alpha value is 0.293. The van der Waals surface area contributed by atoms with Gasteiger partial charge >= 0.3 is 37.9 Å². The van der Waals surface area contributed by atoms with Gasteiger partial charge in [0.25, 0.3) is 0 Å². The molecular formula is C14H20B2Cl2Zr-2. The molecule has 0 fully saturated rings. The molecule has 0 unspecified atom stereocenters. The molecule has 0 saturated heterocycles. The monoisotopic (exact) mass is 370 g/mol. The fourth-order valence-corrected chi connectivity index (χ4v) is 1.55. The van der Waals surface area contributed by atoms with Crippen LogP contribution in [0.4, 0.5) is 0 Å². The van der Waals surface area contributed by atoms with Gasteiger partial charge in [0, 0.05) is 0 Å². The summed E-state index contributed by atoms with van der Waals surface area (Å²) in [6, 6.07) is 16.9. The predicted octanol–water partition coefficient (Wildman–Crippen LogP) is 4.11. The SMILES string of the molecule is CB(C)[c-]1cccc1.CB(C)[c-]1cccc1.[Cl][Zr][Cl]. The zero-order chi connectivity index (χ0) is 14.7. The van der Waals surface area contributed by atoms with Gasteiger partial charge in [-0.05, 0) is 0 Å². The molecule has 19 heavy (non-hydrogen) atoms. The van der Waals surface area contributed by atoms with Crippen molar-refractivity contribution in [3.8, 4) is 0 Å². The molecule has 0 atom stereocenters. The first-order valence-corrected chi connectivity index (χ1v) is 12.7. The fraction of sp³-hybridized carbons (Fsp3) is 0.286. The second-order valence-electron chi connectivity index (χ2n) is 4.82. The zero-order valence-corrected chi connectivity index (χ0v) is 16.0. The second kappa shape index (κ2) is 12.1. The van der Waals surface area contributed by atoms with Gasteiger partial charge in [-0.2, -0.15) is 35.2 Å². The van der Waals surface area contributed by atoms with Crippen LogP contribution in [0.25, 0.3) is 0 Å². The quantitative estimate of drug-likeness (QED) is 0.550. The first-order valence-electron chi connectivity index (χ1n) is 6.42. The Morgan fingerprint density at radius 1 is 0.684 bits per heavy atom. The van der Waals surface area contributed by atoms with Gasteiger partial charge in [-0.3, -0.25) is 0 Å². The zero-order valence-electron chi connectivity index (χ0n) is 12.0. The third kappa shape index (κ3) is 9.77. The number of halogens is 2. The van der Waals surface area contributed by atoms with Crippen molar-refractivity contribution in [1.29, 1.82) is 0 Å². The Morgan fingerprint density at radius 3 is 1.00 bits per heavy atom. The molecule has 102 valence electrons. The molecule has 2 aromatic carbocycles. The molecule has 0 aromatic heterocycles. The summed E-state index contributed by atoms with van der Waals surface area (Å²) < 4.78 is 0. The van der Waals surface area contributed by atoms with E-state index in [0.29, 0.717) is 13.4 Å². The van der Waals surface area contributed by atoms with Crippen LogP contribution in [-0.2, 0) is 20.8 Å². The molecule has 0 saturated carbocycles. The maximum absolute atomic E-state index is 4.93. The Bertz CT molecular complexity index is 345. The molecule has 0 amide bonds. The molecule has 2 rings (SSSR count). The van der Waals surface area contributed by atoms with Crippen LogP contribution < -0.4 is 10.9 Å². The molecule has 2 aromatic rings. The summed E-state index contributed by atoms with van der Waals surface area (Å²) in [6.07, 6.45) is 0. The molecule has 0 nitrogen and oxygen atoms in total. The van der Waals surface area contributed by atoms with Crippen LogP contribution in [0, 0.1) is 0 Å². The van der Waals surface area contributed by atoms with Crippen LogP contribution in [0.3, 0.4) is 0 Å². The normalized spacial score (nSPS) is 8.53. The van der Waals surface area contributed by atoms with Gasteiger partial charge in [0.15, 0.2) is 0 Å². The number of hydrogen-bond donors (Lipinski definition) is 0. The van der Waals surface area contributed by atoms with E-state index in [4.69, 9.17) is 17.0 Å². The average Bonchev–Trinajstić information content (AvgIpc) is 3.05. The molecule has 5 heteroatoms. The van der Waals surface area contributed by atoms with E-state index in [2.05, 4.69) is 75.8 Å². The Morgan fingerprint density at radius 2 is 0.895 bits per heavy atom. The molecule has 0 aliphatic rings. The van der Waals surface area contributed by atoms with Crippen LogP contribution in [-0.4, -0.2) is 13.4 Å². The van der Waals surface area contributed by atoms with Crippen LogP contribution in [0.15, 0.2) is 48.5 Å². The van der Waals surface area contributed by atoms with E-state index < -0.39 is 20.8 Å². The van der Waals surface area contributed by atoms with Crippen molar-refractivity contribution in [2.75, 3.05) is 0 Å². The molecule has 0 heterocycles. The van der Waals surface area contributed by atoms with E-state index in [1.165, 1.54) is 10.9 Å². The van der Waals surface area contributed by atoms with Crippen molar-refractivity contribution >= 4 is 41.4 Å². The third-order valence-corrected chi connectivity index (χ3v) is 2.71. The Balaban J connectivity index is 0.000000284. The van der Waals surface area contributed by atoms with Gasteiger partial charge in [-0.1, -0.05) is 27.3 Å². The molecular weight excluding hydrogens is 352 g/mol. The van der Waals surface area contributed by atoms with E-state index in [9.17, 15) is 0 Å². The maximum atomic E-state index is 4.93. The van der Waals surface area contributed by atoms with E-state index in [1.807, 2.05) is 0 Å². The Labute approximate surface area is 137 Å². The number of rotatable bonds is 2. The van der Waals surface area contributed by atoms with Crippen molar-refractivity contribution in [3.05, 3.63) is 48.5 Å². The topological polar surface area (TPSA) is 0 Å². The van der Waals surface area contributed by atoms with Crippen molar-refractivity contribution in [1.82, 2.24) is 0 Å². The summed E-state index contributed by atoms with van der Waals surface area (Å²) in [5.41, 5.74) is 2.87. The van der Waals surface area contributed by atoms with Crippen LogP contribution in [0.5, 0.6) is 0 Å². The van der Waals surface area contributed by atoms with Gasteiger partial charge < -0.3 is 0 Å². The van der Waals surface area contributed by atoms with Gasteiger partial charge in [0.05, 0.1) is 13.4 Å². The summed E-state index contributed by atoms with van der Waals surface area (Å²) >= 11 is -0.826. The predicted molar refractivity (Wildman–Crippen MR) is 90.0 cm³/mol. The van der Waals surface area contributed by atoms with E-state index in [-0.39, 0.29) is 0 Å². The first-order chi connectivity index (χ1) is 9.02. The van der Waals surface area contributed by atoms with Crippen LogP contribution in [0.2, 0.25) is 27.3 Å². The van der Waals surface area contributed by atoms with Crippen LogP contribution >= 0.6 is 17.0 Å². The van der Waals surface area contributed by atoms with Gasteiger partial charge in [0.2, 0.25) is 0 Å². The molecule has 0 spiro atoms. The van der Waals surface area contributed by atoms with Crippen molar-refractivity contribution in [3.63, 3.8) is 0 Å². The van der Waals surface area contributed by atoms with Crippen molar-refractivity contribution in [2.24, 2.45) is 0 Å². The minimum absolute atomic E-state index is 0.685. The summed E-state index contributed by atoms with van der Waals surface area (Å²) in [5, 5.41) is 0. The van der Waals surface area contributed by atoms with Gasteiger partial charge in [0.1, 0.15) is 0 Å². The summed E-state index contributed by atoms with van der Waals surface area (Å²) in [5.74, 6) is 0. The van der Waals surface area contributed by atoms with Gasteiger partial charge in [-0.15, -0.1) is 0 Å². The molecule has 0 radical (unpaired) electrons. The van der Waals surface area contributed by atoms with E-state index in [0.717, 1.165) is 0 Å². The summed E-state index contributed by atoms with van der Waals surface area (Å²) in [4.78, 5) is 0. The molecule has 0 aliphatic carbocycles. The fourth-order valence-electron chi connectivity index (χ4n) is 1.55. The summed E-state index contributed by atoms with van der Waals surface area (Å²) in [7, 11) is 9.87. The third-order valence-electron chi connectivity index (χ3n) is 2.71. The average molecular weight is 372 g/mol. The molecule has 0 N–H and O–H groups in total.